The van der Waals surface area contributed by atoms with Gasteiger partial charge in [0.25, 0.3) is 0 Å². The number of halogens is 9. The van der Waals surface area contributed by atoms with Crippen molar-refractivity contribution in [2.24, 2.45) is 0 Å². The van der Waals surface area contributed by atoms with Crippen LogP contribution >= 0.6 is 0 Å². The van der Waals surface area contributed by atoms with Crippen LogP contribution in [0.15, 0.2) is 36.4 Å². The summed E-state index contributed by atoms with van der Waals surface area (Å²) in [5.74, 6) is 0. The molecule has 0 bridgehead atoms. The lowest BCUT2D eigenvalue weighted by atomic mass is 9.89. The van der Waals surface area contributed by atoms with Crippen molar-refractivity contribution in [2.45, 2.75) is 63.8 Å². The number of carbonyl (C=O) groups is 1. The minimum Gasteiger partial charge on any atom is -0.433 e. The van der Waals surface area contributed by atoms with Crippen molar-refractivity contribution in [2.75, 3.05) is 11.7 Å². The molecule has 38 heavy (non-hydrogen) atoms. The Balaban J connectivity index is 2.00. The van der Waals surface area contributed by atoms with E-state index in [-0.39, 0.29) is 35.9 Å². The average Bonchev–Trinajstić information content (AvgIpc) is 2.81. The second-order valence-corrected chi connectivity index (χ2v) is 8.52. The van der Waals surface area contributed by atoms with Crippen LogP contribution in [0.3, 0.4) is 0 Å². The highest BCUT2D eigenvalue weighted by Crippen LogP contribution is 2.42. The quantitative estimate of drug-likeness (QED) is 0.292. The fourth-order valence-corrected chi connectivity index (χ4v) is 4.14. The maximum atomic E-state index is 13.4. The summed E-state index contributed by atoms with van der Waals surface area (Å²) in [5.41, 5.74) is -4.34. The van der Waals surface area contributed by atoms with Crippen molar-refractivity contribution < 1.29 is 53.9 Å². The van der Waals surface area contributed by atoms with Gasteiger partial charge in [0.2, 0.25) is 0 Å². The largest absolute Gasteiger partial charge is 0.533 e. The number of benzene rings is 2. The number of rotatable bonds is 6. The fraction of sp³-hybridized carbons (Fsp3) is 0.458. The summed E-state index contributed by atoms with van der Waals surface area (Å²) in [7, 11) is 0. The van der Waals surface area contributed by atoms with Gasteiger partial charge in [0.1, 0.15) is 0 Å². The van der Waals surface area contributed by atoms with Crippen LogP contribution in [0.4, 0.5) is 50.0 Å². The van der Waals surface area contributed by atoms with Crippen LogP contribution in [0.25, 0.3) is 0 Å². The molecule has 3 rings (SSSR count). The first-order chi connectivity index (χ1) is 17.5. The number of hydroxylamine groups is 1. The number of ether oxygens (including phenoxy) is 1. The van der Waals surface area contributed by atoms with Crippen LogP contribution in [0.2, 0.25) is 0 Å². The van der Waals surface area contributed by atoms with Gasteiger partial charge >= 0.3 is 24.7 Å². The van der Waals surface area contributed by atoms with Gasteiger partial charge in [-0.15, -0.1) is 0 Å². The van der Waals surface area contributed by atoms with Gasteiger partial charge in [-0.05, 0) is 67.3 Å². The number of fused-ring (bicyclic) bond motifs is 1. The molecule has 1 aliphatic heterocycles. The van der Waals surface area contributed by atoms with Gasteiger partial charge in [-0.1, -0.05) is 6.92 Å². The molecule has 2 aromatic rings. The maximum absolute atomic E-state index is 13.4. The highest BCUT2D eigenvalue weighted by molar-refractivity contribution is 5.65. The van der Waals surface area contributed by atoms with Gasteiger partial charge in [-0.3, -0.25) is 0 Å². The fourth-order valence-electron chi connectivity index (χ4n) is 4.14. The third kappa shape index (κ3) is 6.83. The van der Waals surface area contributed by atoms with Crippen molar-refractivity contribution in [1.29, 1.82) is 0 Å². The van der Waals surface area contributed by atoms with E-state index in [0.717, 1.165) is 23.3 Å². The zero-order chi connectivity index (χ0) is 28.5. The third-order valence-electron chi connectivity index (χ3n) is 5.91. The molecule has 0 unspecified atom stereocenters. The maximum Gasteiger partial charge on any atom is 0.533 e. The molecule has 0 saturated heterocycles. The van der Waals surface area contributed by atoms with E-state index in [4.69, 9.17) is 9.57 Å². The molecular formula is C24H23F9N2O3. The van der Waals surface area contributed by atoms with Gasteiger partial charge in [-0.25, -0.2) is 4.79 Å². The van der Waals surface area contributed by atoms with Crippen LogP contribution < -0.4 is 10.4 Å². The summed E-state index contributed by atoms with van der Waals surface area (Å²) in [6, 6.07) is 2.23. The lowest BCUT2D eigenvalue weighted by Crippen LogP contribution is -2.44. The molecule has 210 valence electrons. The van der Waals surface area contributed by atoms with E-state index < -0.39 is 60.0 Å². The second-order valence-electron chi connectivity index (χ2n) is 8.52. The van der Waals surface area contributed by atoms with E-state index in [1.165, 1.54) is 6.92 Å². The first-order valence-electron chi connectivity index (χ1n) is 11.4. The lowest BCUT2D eigenvalue weighted by Gasteiger charge is -2.40. The summed E-state index contributed by atoms with van der Waals surface area (Å²) in [6.07, 6.45) is -15.6. The summed E-state index contributed by atoms with van der Waals surface area (Å²) in [4.78, 5) is 17.2. The standard InChI is InChI=1S/C24H23F9N2O3/c1-3-17-11-19(34-12-13-7-15(23(28,29)30)9-16(8-13)24(31,32)33)18-10-14(22(25,26)27)5-6-20(18)35(17)38-21(36)37-4-2/h5-10,17,19,34H,3-4,11-12H2,1-2H3/t17-,19+/m1/s1. The minimum atomic E-state index is -5.05. The van der Waals surface area contributed by atoms with Crippen LogP contribution in [-0.4, -0.2) is 18.8 Å². The molecule has 1 N–H and O–H groups in total. The predicted molar refractivity (Wildman–Crippen MR) is 117 cm³/mol. The lowest BCUT2D eigenvalue weighted by molar-refractivity contribution is -0.143. The van der Waals surface area contributed by atoms with E-state index in [1.54, 1.807) is 6.92 Å². The molecule has 5 nitrogen and oxygen atoms in total. The molecule has 0 spiro atoms. The molecule has 0 radical (unpaired) electrons. The second kappa shape index (κ2) is 10.9. The van der Waals surface area contributed by atoms with E-state index in [1.807, 2.05) is 0 Å². The van der Waals surface area contributed by atoms with Crippen LogP contribution in [0.1, 0.15) is 60.5 Å². The average molecular weight is 558 g/mol. The monoisotopic (exact) mass is 558 g/mol. The van der Waals surface area contributed by atoms with Crippen LogP contribution in [-0.2, 0) is 34.6 Å². The van der Waals surface area contributed by atoms with Gasteiger partial charge in [0.15, 0.2) is 0 Å². The van der Waals surface area contributed by atoms with E-state index in [9.17, 15) is 44.3 Å². The smallest absolute Gasteiger partial charge is 0.433 e. The van der Waals surface area contributed by atoms with Gasteiger partial charge < -0.3 is 14.9 Å². The number of hydrogen-bond donors (Lipinski definition) is 1. The van der Waals surface area contributed by atoms with Crippen LogP contribution in [0.5, 0.6) is 0 Å². The molecule has 14 heteroatoms. The molecule has 0 aliphatic carbocycles. The van der Waals surface area contributed by atoms with Gasteiger partial charge in [-0.2, -0.15) is 44.6 Å². The zero-order valence-corrected chi connectivity index (χ0v) is 20.0. The molecule has 0 amide bonds. The van der Waals surface area contributed by atoms with Gasteiger partial charge in [0.05, 0.1) is 35.0 Å². The van der Waals surface area contributed by atoms with Crippen molar-refractivity contribution in [3.63, 3.8) is 0 Å². The predicted octanol–water partition coefficient (Wildman–Crippen LogP) is 7.65. The van der Waals surface area contributed by atoms with Crippen molar-refractivity contribution in [3.05, 3.63) is 64.2 Å². The number of alkyl halides is 9. The van der Waals surface area contributed by atoms with E-state index >= 15 is 0 Å². The molecule has 0 fully saturated rings. The Morgan fingerprint density at radius 3 is 1.97 bits per heavy atom. The van der Waals surface area contributed by atoms with Gasteiger partial charge in [0, 0.05) is 12.6 Å². The minimum absolute atomic E-state index is 0.00292. The SMILES string of the molecule is CCOC(=O)ON1c2ccc(C(F)(F)F)cc2[C@@H](NCc2cc(C(F)(F)F)cc(C(F)(F)F)c2)C[C@H]1CC. The van der Waals surface area contributed by atoms with Crippen molar-refractivity contribution in [3.8, 4) is 0 Å². The first kappa shape index (κ1) is 29.4. The number of carbonyl (C=O) groups excluding carboxylic acids is 1. The third-order valence-corrected chi connectivity index (χ3v) is 5.91. The summed E-state index contributed by atoms with van der Waals surface area (Å²) in [6.45, 7) is 2.70. The summed E-state index contributed by atoms with van der Waals surface area (Å²) < 4.78 is 124. The van der Waals surface area contributed by atoms with E-state index in [0.29, 0.717) is 18.6 Å². The molecule has 2 aromatic carbocycles. The highest BCUT2D eigenvalue weighted by Gasteiger charge is 2.39. The molecule has 1 heterocycles. The highest BCUT2D eigenvalue weighted by atomic mass is 19.4. The Hall–Kier alpha value is -3.16. The first-order valence-corrected chi connectivity index (χ1v) is 11.4. The van der Waals surface area contributed by atoms with E-state index in [2.05, 4.69) is 5.32 Å². The molecule has 0 saturated carbocycles. The Labute approximate surface area is 211 Å². The summed E-state index contributed by atoms with van der Waals surface area (Å²) in [5, 5.41) is 3.90. The number of anilines is 1. The molecular weight excluding hydrogens is 535 g/mol. The topological polar surface area (TPSA) is 50.8 Å². The zero-order valence-electron chi connectivity index (χ0n) is 20.0. The number of hydrogen-bond acceptors (Lipinski definition) is 5. The number of nitrogens with zero attached hydrogens (tertiary/aromatic N) is 1. The number of nitrogens with one attached hydrogen (secondary N) is 1. The Morgan fingerprint density at radius 1 is 0.895 bits per heavy atom. The molecule has 0 aromatic heterocycles. The normalized spacial score (nSPS) is 18.2. The van der Waals surface area contributed by atoms with Crippen LogP contribution in [0, 0.1) is 0 Å². The molecule has 1 aliphatic rings. The Kier molecular flexibility index (Phi) is 8.44. The summed E-state index contributed by atoms with van der Waals surface area (Å²) >= 11 is 0. The Morgan fingerprint density at radius 2 is 1.47 bits per heavy atom. The van der Waals surface area contributed by atoms with Crippen molar-refractivity contribution >= 4 is 11.8 Å². The van der Waals surface area contributed by atoms with Crippen molar-refractivity contribution in [1.82, 2.24) is 5.32 Å². The Bertz CT molecular complexity index is 1110. The molecule has 2 atom stereocenters.